The number of halogens is 1. The number of rotatable bonds is 5. The molecule has 0 saturated carbocycles. The van der Waals surface area contributed by atoms with E-state index < -0.39 is 5.97 Å². The molecule has 0 aliphatic heterocycles. The average Bonchev–Trinajstić information content (AvgIpc) is 2.69. The lowest BCUT2D eigenvalue weighted by atomic mass is 10.3. The lowest BCUT2D eigenvalue weighted by Crippen LogP contribution is -1.99. The Morgan fingerprint density at radius 1 is 1.53 bits per heavy atom. The summed E-state index contributed by atoms with van der Waals surface area (Å²) in [7, 11) is 0. The molecule has 0 fully saturated rings. The summed E-state index contributed by atoms with van der Waals surface area (Å²) in [5.74, 6) is -0.0925. The first kappa shape index (κ1) is 14.5. The predicted octanol–water partition coefficient (Wildman–Crippen LogP) is 3.53. The van der Waals surface area contributed by atoms with Crippen LogP contribution in [-0.2, 0) is 17.0 Å². The summed E-state index contributed by atoms with van der Waals surface area (Å²) in [6.45, 7) is 1.84. The number of thiazole rings is 1. The second kappa shape index (κ2) is 6.49. The van der Waals surface area contributed by atoms with Crippen molar-refractivity contribution in [3.8, 4) is 0 Å². The Hall–Kier alpha value is -0.920. The van der Waals surface area contributed by atoms with Crippen LogP contribution in [0.2, 0.25) is 0 Å². The van der Waals surface area contributed by atoms with Gasteiger partial charge in [-0.1, -0.05) is 11.8 Å². The van der Waals surface area contributed by atoms with E-state index in [4.69, 9.17) is 5.11 Å². The fourth-order valence-corrected chi connectivity index (χ4v) is 3.77. The number of aliphatic carboxylic acids is 1. The molecule has 0 spiro atoms. The lowest BCUT2D eigenvalue weighted by molar-refractivity contribution is -0.136. The van der Waals surface area contributed by atoms with Crippen LogP contribution in [0.25, 0.3) is 0 Å². The second-order valence-corrected chi connectivity index (χ2v) is 7.04. The molecule has 7 heteroatoms. The molecule has 0 radical (unpaired) electrons. The molecule has 4 nitrogen and oxygen atoms in total. The minimum absolute atomic E-state index is 0.0423. The fraction of sp³-hybridized carbons (Fsp3) is 0.250. The van der Waals surface area contributed by atoms with Gasteiger partial charge >= 0.3 is 5.97 Å². The molecule has 0 saturated heterocycles. The maximum absolute atomic E-state index is 10.7. The molecular formula is C12H11BrN2O2S2. The normalized spacial score (nSPS) is 10.6. The van der Waals surface area contributed by atoms with Gasteiger partial charge < -0.3 is 5.11 Å². The van der Waals surface area contributed by atoms with Crippen molar-refractivity contribution in [2.24, 2.45) is 0 Å². The highest BCUT2D eigenvalue weighted by molar-refractivity contribution is 9.10. The monoisotopic (exact) mass is 358 g/mol. The maximum atomic E-state index is 10.7. The Bertz CT molecular complexity index is 584. The van der Waals surface area contributed by atoms with E-state index in [2.05, 4.69) is 25.9 Å². The Kier molecular flexibility index (Phi) is 4.95. The van der Waals surface area contributed by atoms with Gasteiger partial charge in [0.1, 0.15) is 0 Å². The number of nitrogens with zero attached hydrogens (tertiary/aromatic N) is 2. The molecule has 0 aromatic carbocycles. The minimum atomic E-state index is -0.821. The predicted molar refractivity (Wildman–Crippen MR) is 79.7 cm³/mol. The zero-order valence-corrected chi connectivity index (χ0v) is 13.3. The molecule has 2 heterocycles. The van der Waals surface area contributed by atoms with Gasteiger partial charge in [0.25, 0.3) is 0 Å². The van der Waals surface area contributed by atoms with Crippen molar-refractivity contribution in [1.82, 2.24) is 9.97 Å². The van der Waals surface area contributed by atoms with Crippen molar-refractivity contribution in [2.45, 2.75) is 23.4 Å². The lowest BCUT2D eigenvalue weighted by Gasteiger charge is -1.97. The molecule has 0 unspecified atom stereocenters. The number of pyridine rings is 1. The van der Waals surface area contributed by atoms with E-state index in [-0.39, 0.29) is 6.42 Å². The number of carboxylic acids is 1. The van der Waals surface area contributed by atoms with Crippen molar-refractivity contribution in [1.29, 1.82) is 0 Å². The van der Waals surface area contributed by atoms with Gasteiger partial charge in [0.2, 0.25) is 0 Å². The largest absolute Gasteiger partial charge is 0.481 e. The molecule has 100 valence electrons. The first-order chi connectivity index (χ1) is 9.04. The van der Waals surface area contributed by atoms with Gasteiger partial charge in [-0.3, -0.25) is 9.78 Å². The van der Waals surface area contributed by atoms with Gasteiger partial charge in [-0.2, -0.15) is 0 Å². The van der Waals surface area contributed by atoms with Crippen LogP contribution in [0.1, 0.15) is 16.3 Å². The van der Waals surface area contributed by atoms with Gasteiger partial charge in [0.15, 0.2) is 4.34 Å². The highest BCUT2D eigenvalue weighted by atomic mass is 79.9. The van der Waals surface area contributed by atoms with Crippen LogP contribution in [0.4, 0.5) is 0 Å². The summed E-state index contributed by atoms with van der Waals surface area (Å²) < 4.78 is 1.84. The van der Waals surface area contributed by atoms with E-state index in [0.29, 0.717) is 0 Å². The van der Waals surface area contributed by atoms with Crippen LogP contribution in [0.5, 0.6) is 0 Å². The quantitative estimate of drug-likeness (QED) is 0.828. The van der Waals surface area contributed by atoms with Crippen molar-refractivity contribution >= 4 is 45.0 Å². The molecule has 0 aliphatic rings. The van der Waals surface area contributed by atoms with Gasteiger partial charge in [0, 0.05) is 21.3 Å². The van der Waals surface area contributed by atoms with Gasteiger partial charge in [-0.15, -0.1) is 11.3 Å². The first-order valence-corrected chi connectivity index (χ1v) is 8.05. The molecule has 0 atom stereocenters. The third-order valence-corrected chi connectivity index (χ3v) is 5.12. The summed E-state index contributed by atoms with van der Waals surface area (Å²) in [6.07, 6.45) is 1.81. The van der Waals surface area contributed by atoms with Gasteiger partial charge in [-0.25, -0.2) is 4.98 Å². The van der Waals surface area contributed by atoms with Crippen LogP contribution in [0.3, 0.4) is 0 Å². The highest BCUT2D eigenvalue weighted by Gasteiger charge is 2.11. The van der Waals surface area contributed by atoms with Crippen LogP contribution in [-0.4, -0.2) is 21.0 Å². The van der Waals surface area contributed by atoms with E-state index in [1.807, 2.05) is 19.1 Å². The standard InChI is InChI=1S/C12H11BrN2O2S2/c1-7-10(4-11(16)17)19-12(15-7)18-6-9-3-2-8(13)5-14-9/h2-3,5H,4,6H2,1H3,(H,16,17). The zero-order chi connectivity index (χ0) is 13.8. The summed E-state index contributed by atoms with van der Waals surface area (Å²) in [6, 6.07) is 3.90. The molecule has 0 bridgehead atoms. The summed E-state index contributed by atoms with van der Waals surface area (Å²) in [5, 5.41) is 8.79. The number of hydrogen-bond acceptors (Lipinski definition) is 5. The highest BCUT2D eigenvalue weighted by Crippen LogP contribution is 2.29. The number of carbonyl (C=O) groups is 1. The number of carboxylic acid groups (broad SMARTS) is 1. The van der Waals surface area contributed by atoms with Crippen molar-refractivity contribution < 1.29 is 9.90 Å². The molecule has 2 aromatic heterocycles. The van der Waals surface area contributed by atoms with Gasteiger partial charge in [0.05, 0.1) is 17.8 Å². The van der Waals surface area contributed by atoms with Crippen LogP contribution in [0, 0.1) is 6.92 Å². The minimum Gasteiger partial charge on any atom is -0.481 e. The SMILES string of the molecule is Cc1nc(SCc2ccc(Br)cn2)sc1CC(=O)O. The van der Waals surface area contributed by atoms with E-state index >= 15 is 0 Å². The van der Waals surface area contributed by atoms with Crippen LogP contribution in [0.15, 0.2) is 27.1 Å². The van der Waals surface area contributed by atoms with Crippen molar-refractivity contribution in [2.75, 3.05) is 0 Å². The second-order valence-electron chi connectivity index (χ2n) is 3.82. The van der Waals surface area contributed by atoms with Crippen LogP contribution >= 0.6 is 39.0 Å². The summed E-state index contributed by atoms with van der Waals surface area (Å²) >= 11 is 6.36. The molecule has 2 aromatic rings. The molecule has 0 amide bonds. The third kappa shape index (κ3) is 4.29. The van der Waals surface area contributed by atoms with Crippen molar-refractivity contribution in [3.05, 3.63) is 39.1 Å². The average molecular weight is 359 g/mol. The Morgan fingerprint density at radius 2 is 2.32 bits per heavy atom. The maximum Gasteiger partial charge on any atom is 0.308 e. The zero-order valence-electron chi connectivity index (χ0n) is 10.1. The van der Waals surface area contributed by atoms with E-state index in [1.54, 1.807) is 18.0 Å². The van der Waals surface area contributed by atoms with E-state index in [9.17, 15) is 4.79 Å². The topological polar surface area (TPSA) is 63.1 Å². The van der Waals surface area contributed by atoms with Crippen molar-refractivity contribution in [3.63, 3.8) is 0 Å². The summed E-state index contributed by atoms with van der Waals surface area (Å²) in [5.41, 5.74) is 1.78. The fourth-order valence-electron chi connectivity index (χ4n) is 1.39. The van der Waals surface area contributed by atoms with Crippen LogP contribution < -0.4 is 0 Å². The molecule has 2 rings (SSSR count). The number of thioether (sulfide) groups is 1. The van der Waals surface area contributed by atoms with E-state index in [0.717, 1.165) is 30.8 Å². The van der Waals surface area contributed by atoms with E-state index in [1.165, 1.54) is 11.3 Å². The Morgan fingerprint density at radius 3 is 2.95 bits per heavy atom. The number of hydrogen-bond donors (Lipinski definition) is 1. The molecule has 1 N–H and O–H groups in total. The Labute approximate surface area is 127 Å². The molecule has 19 heavy (non-hydrogen) atoms. The Balaban J connectivity index is 1.99. The summed E-state index contributed by atoms with van der Waals surface area (Å²) in [4.78, 5) is 20.2. The number of aromatic nitrogens is 2. The molecular weight excluding hydrogens is 348 g/mol. The smallest absolute Gasteiger partial charge is 0.308 e. The third-order valence-electron chi connectivity index (χ3n) is 2.32. The number of aryl methyl sites for hydroxylation is 1. The molecule has 0 aliphatic carbocycles. The first-order valence-electron chi connectivity index (χ1n) is 5.46. The van der Waals surface area contributed by atoms with Gasteiger partial charge in [-0.05, 0) is 35.0 Å².